The van der Waals surface area contributed by atoms with E-state index in [2.05, 4.69) is 0 Å². The van der Waals surface area contributed by atoms with Gasteiger partial charge in [0.25, 0.3) is 0 Å². The summed E-state index contributed by atoms with van der Waals surface area (Å²) in [5, 5.41) is 80.8. The molecule has 11 heteroatoms. The van der Waals surface area contributed by atoms with Crippen molar-refractivity contribution in [2.24, 2.45) is 11.8 Å². The van der Waals surface area contributed by atoms with Gasteiger partial charge < -0.3 is 55.1 Å². The van der Waals surface area contributed by atoms with Crippen molar-refractivity contribution in [2.45, 2.75) is 112 Å². The standard InChI is InChI=1S/C21H36O11/c22-7-16-17(27)18(28)19(29)21(32-16)31-15-6-10-12(25)4-9(23)5-14(10)30-20(15)8-1-2-11(24)13(26)3-8/h8-29H,1-7H2/p+1/t8?,9?,10?,11?,12?,13?,14?,15?,16-,17-,18+,19-,20?,21+/m0/s1. The Hall–Kier alpha value is -0.440. The summed E-state index contributed by atoms with van der Waals surface area (Å²) < 4.78 is 16.5. The number of rotatable bonds is 4. The molecule has 0 aromatic rings. The van der Waals surface area contributed by atoms with Crippen LogP contribution in [-0.2, 0) is 9.47 Å². The second-order valence-electron chi connectivity index (χ2n) is 9.88. The summed E-state index contributed by atoms with van der Waals surface area (Å²) in [5.74, 6) is -0.385. The molecule has 4 aliphatic rings. The van der Waals surface area contributed by atoms with E-state index in [0.29, 0.717) is 32.1 Å². The fourth-order valence-corrected chi connectivity index (χ4v) is 5.86. The molecule has 2 aliphatic carbocycles. The molecule has 32 heavy (non-hydrogen) atoms. The summed E-state index contributed by atoms with van der Waals surface area (Å²) in [6.07, 6.45) is -9.17. The van der Waals surface area contributed by atoms with Crippen LogP contribution >= 0.6 is 0 Å². The molecule has 4 fully saturated rings. The SMILES string of the molecule is OC[C@@H]1O[C@@H](OC2CC3C(O)CC(O)CC3[OH+]C2C2CCC(O)C(O)C2)[C@@H](O)[C@H](O)[C@H]1O. The van der Waals surface area contributed by atoms with E-state index in [-0.39, 0.29) is 24.4 Å². The number of hydrogen-bond acceptors (Lipinski definition) is 10. The van der Waals surface area contributed by atoms with Crippen LogP contribution in [0.25, 0.3) is 0 Å². The fraction of sp³-hybridized carbons (Fsp3) is 1.00. The van der Waals surface area contributed by atoms with Crippen LogP contribution in [0.15, 0.2) is 0 Å². The summed E-state index contributed by atoms with van der Waals surface area (Å²) in [6, 6.07) is 0. The lowest BCUT2D eigenvalue weighted by Gasteiger charge is -2.48. The molecule has 14 atom stereocenters. The van der Waals surface area contributed by atoms with Crippen LogP contribution in [0.4, 0.5) is 0 Å². The summed E-state index contributed by atoms with van der Waals surface area (Å²) in [7, 11) is 0. The number of hydrogen-bond donors (Lipinski definition) is 8. The molecule has 9 N–H and O–H groups in total. The lowest BCUT2D eigenvalue weighted by molar-refractivity contribution is -0.356. The number of aliphatic hydroxyl groups is 10. The number of ether oxygens (including phenoxy) is 3. The van der Waals surface area contributed by atoms with Gasteiger partial charge in [-0.2, -0.15) is 0 Å². The Kier molecular flexibility index (Phi) is 7.75. The van der Waals surface area contributed by atoms with Gasteiger partial charge >= 0.3 is 0 Å². The van der Waals surface area contributed by atoms with Crippen LogP contribution in [0.3, 0.4) is 0 Å². The average molecular weight is 466 g/mol. The Bertz CT molecular complexity index is 621. The van der Waals surface area contributed by atoms with Gasteiger partial charge in [0, 0.05) is 18.8 Å². The zero-order chi connectivity index (χ0) is 23.2. The smallest absolute Gasteiger partial charge is 0.187 e. The van der Waals surface area contributed by atoms with E-state index < -0.39 is 73.9 Å². The van der Waals surface area contributed by atoms with Crippen molar-refractivity contribution in [2.75, 3.05) is 6.61 Å². The van der Waals surface area contributed by atoms with Crippen LogP contribution in [-0.4, -0.2) is 126 Å². The molecule has 2 heterocycles. The van der Waals surface area contributed by atoms with E-state index >= 15 is 0 Å². The molecule has 0 bridgehead atoms. The van der Waals surface area contributed by atoms with E-state index in [1.807, 2.05) is 0 Å². The summed E-state index contributed by atoms with van der Waals surface area (Å²) >= 11 is 0. The molecule has 186 valence electrons. The number of aliphatic hydroxyl groups excluding tert-OH is 8. The van der Waals surface area contributed by atoms with Gasteiger partial charge in [-0.15, -0.1) is 0 Å². The maximum Gasteiger partial charge on any atom is 0.187 e. The molecule has 0 amide bonds. The van der Waals surface area contributed by atoms with Crippen LogP contribution in [0.5, 0.6) is 0 Å². The molecular weight excluding hydrogens is 428 g/mol. The highest BCUT2D eigenvalue weighted by atomic mass is 16.7. The van der Waals surface area contributed by atoms with Crippen molar-refractivity contribution in [3.8, 4) is 0 Å². The van der Waals surface area contributed by atoms with Crippen LogP contribution < -0.4 is 0 Å². The molecular formula is C21H37O11+. The third-order valence-electron chi connectivity index (χ3n) is 7.73. The average Bonchev–Trinajstić information content (AvgIpc) is 2.76. The first-order valence-electron chi connectivity index (χ1n) is 11.6. The van der Waals surface area contributed by atoms with Crippen molar-refractivity contribution in [1.29, 1.82) is 0 Å². The Morgan fingerprint density at radius 3 is 2.22 bits per heavy atom. The van der Waals surface area contributed by atoms with Crippen molar-refractivity contribution in [1.82, 2.24) is 0 Å². The van der Waals surface area contributed by atoms with Crippen LogP contribution in [0.2, 0.25) is 0 Å². The summed E-state index contributed by atoms with van der Waals surface area (Å²) in [4.78, 5) is 0. The predicted molar refractivity (Wildman–Crippen MR) is 107 cm³/mol. The van der Waals surface area contributed by atoms with E-state index in [1.165, 1.54) is 0 Å². The monoisotopic (exact) mass is 465 g/mol. The van der Waals surface area contributed by atoms with Crippen LogP contribution in [0.1, 0.15) is 38.5 Å². The predicted octanol–water partition coefficient (Wildman–Crippen LogP) is -3.51. The molecule has 0 spiro atoms. The highest BCUT2D eigenvalue weighted by Crippen LogP contribution is 2.42. The minimum atomic E-state index is -1.57. The van der Waals surface area contributed by atoms with Crippen molar-refractivity contribution in [3.63, 3.8) is 0 Å². The fourth-order valence-electron chi connectivity index (χ4n) is 5.86. The molecule has 0 aromatic carbocycles. The first-order valence-corrected chi connectivity index (χ1v) is 11.6. The van der Waals surface area contributed by atoms with E-state index in [1.54, 1.807) is 0 Å². The maximum atomic E-state index is 10.5. The molecule has 0 radical (unpaired) electrons. The largest absolute Gasteiger partial charge is 0.427 e. The normalized spacial score (nSPS) is 54.8. The second-order valence-corrected chi connectivity index (χ2v) is 9.88. The van der Waals surface area contributed by atoms with E-state index in [9.17, 15) is 40.9 Å². The van der Waals surface area contributed by atoms with Gasteiger partial charge in [0.05, 0.1) is 36.9 Å². The highest BCUT2D eigenvalue weighted by Gasteiger charge is 2.54. The number of fused-ring (bicyclic) bond motifs is 1. The van der Waals surface area contributed by atoms with Gasteiger partial charge in [0.2, 0.25) is 0 Å². The van der Waals surface area contributed by atoms with Gasteiger partial charge in [-0.25, -0.2) is 0 Å². The minimum Gasteiger partial charge on any atom is -0.427 e. The molecule has 2 aliphatic heterocycles. The quantitative estimate of drug-likeness (QED) is 0.193. The molecule has 11 nitrogen and oxygen atoms in total. The Morgan fingerprint density at radius 2 is 1.53 bits per heavy atom. The zero-order valence-electron chi connectivity index (χ0n) is 17.9. The summed E-state index contributed by atoms with van der Waals surface area (Å²) in [6.45, 7) is -0.572. The topological polar surface area (TPSA) is 193 Å². The lowest BCUT2D eigenvalue weighted by atomic mass is 9.72. The van der Waals surface area contributed by atoms with Gasteiger partial charge in [-0.3, -0.25) is 0 Å². The Balaban J connectivity index is 1.54. The van der Waals surface area contributed by atoms with E-state index in [0.717, 1.165) is 0 Å². The lowest BCUT2D eigenvalue weighted by Crippen LogP contribution is -2.63. The first kappa shape index (κ1) is 24.7. The minimum absolute atomic E-state index is 0.125. The van der Waals surface area contributed by atoms with Crippen molar-refractivity contribution < 1.29 is 55.1 Å². The third-order valence-corrected chi connectivity index (χ3v) is 7.73. The van der Waals surface area contributed by atoms with E-state index in [4.69, 9.17) is 14.2 Å². The molecule has 0 aromatic heterocycles. The van der Waals surface area contributed by atoms with Gasteiger partial charge in [0.1, 0.15) is 30.5 Å². The second kappa shape index (κ2) is 10.0. The maximum absolute atomic E-state index is 10.5. The van der Waals surface area contributed by atoms with Gasteiger partial charge in [-0.1, -0.05) is 0 Å². The van der Waals surface area contributed by atoms with Crippen molar-refractivity contribution in [3.05, 3.63) is 0 Å². The molecule has 2 saturated carbocycles. The molecule has 4 rings (SSSR count). The zero-order valence-corrected chi connectivity index (χ0v) is 17.9. The highest BCUT2D eigenvalue weighted by molar-refractivity contribution is 4.98. The van der Waals surface area contributed by atoms with Crippen molar-refractivity contribution >= 4 is 0 Å². The Morgan fingerprint density at radius 1 is 0.781 bits per heavy atom. The molecule has 9 unspecified atom stereocenters. The van der Waals surface area contributed by atoms with Crippen LogP contribution in [0, 0.1) is 11.8 Å². The van der Waals surface area contributed by atoms with Gasteiger partial charge in [-0.05, 0) is 25.7 Å². The molecule has 2 saturated heterocycles. The third kappa shape index (κ3) is 4.84. The first-order chi connectivity index (χ1) is 15.2. The Labute approximate surface area is 186 Å². The van der Waals surface area contributed by atoms with Gasteiger partial charge in [0.15, 0.2) is 18.5 Å². The summed E-state index contributed by atoms with van der Waals surface area (Å²) in [5.41, 5.74) is 0.